The lowest BCUT2D eigenvalue weighted by atomic mass is 10.1. The normalized spacial score (nSPS) is 10.4. The second-order valence-electron chi connectivity index (χ2n) is 3.82. The van der Waals surface area contributed by atoms with E-state index in [1.165, 1.54) is 19.3 Å². The van der Waals surface area contributed by atoms with Gasteiger partial charge < -0.3 is 9.47 Å². The molecule has 7 heteroatoms. The third-order valence-corrected chi connectivity index (χ3v) is 2.83. The molecular formula is C15H19Cl2F3O2. The maximum Gasteiger partial charge on any atom is 0.420 e. The predicted octanol–water partition coefficient (Wildman–Crippen LogP) is 6.00. The summed E-state index contributed by atoms with van der Waals surface area (Å²) in [6.07, 6.45) is -2.80. The van der Waals surface area contributed by atoms with Crippen molar-refractivity contribution in [1.82, 2.24) is 0 Å². The van der Waals surface area contributed by atoms with Gasteiger partial charge in [-0.2, -0.15) is 13.2 Å². The van der Waals surface area contributed by atoms with Crippen LogP contribution in [0.4, 0.5) is 13.2 Å². The lowest BCUT2D eigenvalue weighted by Crippen LogP contribution is -2.10. The summed E-state index contributed by atoms with van der Waals surface area (Å²) in [5.41, 5.74) is -0.450. The van der Waals surface area contributed by atoms with Gasteiger partial charge in [0.1, 0.15) is 28.2 Å². The van der Waals surface area contributed by atoms with Crippen LogP contribution in [0.5, 0.6) is 11.5 Å². The van der Waals surface area contributed by atoms with Gasteiger partial charge in [0.2, 0.25) is 0 Å². The summed E-state index contributed by atoms with van der Waals surface area (Å²) in [5.74, 6) is -0.0981. The molecule has 1 rings (SSSR count). The van der Waals surface area contributed by atoms with Crippen molar-refractivity contribution in [2.75, 3.05) is 13.7 Å². The van der Waals surface area contributed by atoms with E-state index in [4.69, 9.17) is 32.7 Å². The predicted molar refractivity (Wildman–Crippen MR) is 84.0 cm³/mol. The Balaban J connectivity index is 0.00000211. The van der Waals surface area contributed by atoms with Gasteiger partial charge in [-0.25, -0.2) is 0 Å². The van der Waals surface area contributed by atoms with E-state index in [1.54, 1.807) is 6.92 Å². The molecule has 0 aliphatic rings. The Morgan fingerprint density at radius 2 is 1.82 bits per heavy atom. The summed E-state index contributed by atoms with van der Waals surface area (Å²) in [4.78, 5) is 0. The molecule has 1 aromatic rings. The van der Waals surface area contributed by atoms with Crippen LogP contribution in [0, 0.1) is 0 Å². The summed E-state index contributed by atoms with van der Waals surface area (Å²) in [6, 6.07) is 2.40. The van der Waals surface area contributed by atoms with Crippen LogP contribution in [0.15, 0.2) is 22.7 Å². The molecule has 0 bridgehead atoms. The van der Waals surface area contributed by atoms with E-state index < -0.39 is 11.7 Å². The number of rotatable bonds is 5. The maximum atomic E-state index is 13.0. The molecule has 0 aromatic heterocycles. The molecular weight excluding hydrogens is 340 g/mol. The Morgan fingerprint density at radius 3 is 2.23 bits per heavy atom. The summed E-state index contributed by atoms with van der Waals surface area (Å²) in [7, 11) is 1.21. The molecule has 0 radical (unpaired) electrons. The van der Waals surface area contributed by atoms with E-state index in [0.29, 0.717) is 12.0 Å². The molecule has 0 aliphatic heterocycles. The van der Waals surface area contributed by atoms with Gasteiger partial charge in [-0.1, -0.05) is 44.0 Å². The van der Waals surface area contributed by atoms with Crippen molar-refractivity contribution in [3.63, 3.8) is 0 Å². The number of ether oxygens (including phenoxy) is 2. The first-order valence-electron chi connectivity index (χ1n) is 6.71. The van der Waals surface area contributed by atoms with Crippen LogP contribution in [0.2, 0.25) is 0 Å². The van der Waals surface area contributed by atoms with Gasteiger partial charge in [0.05, 0.1) is 7.11 Å². The monoisotopic (exact) mass is 358 g/mol. The molecule has 0 aliphatic carbocycles. The van der Waals surface area contributed by atoms with Crippen LogP contribution in [-0.4, -0.2) is 13.7 Å². The standard InChI is InChI=1S/C13H13Cl2F3O2.C2H6/c1-3-8-6-9(20-5-4-11(14)15)7-10(12(8)19-2)13(16,17)18;1-2/h4,6-7H,3,5H2,1-2H3;1-2H3. The molecule has 1 aromatic carbocycles. The van der Waals surface area contributed by atoms with Gasteiger partial charge in [0.25, 0.3) is 0 Å². The second kappa shape index (κ2) is 9.85. The summed E-state index contributed by atoms with van der Waals surface area (Å²) < 4.78 is 49.0. The Morgan fingerprint density at radius 1 is 1.23 bits per heavy atom. The SMILES string of the molecule is CC.CCc1cc(OCC=C(Cl)Cl)cc(C(F)(F)F)c1OC. The van der Waals surface area contributed by atoms with Gasteiger partial charge in [0, 0.05) is 0 Å². The zero-order valence-electron chi connectivity index (χ0n) is 12.9. The lowest BCUT2D eigenvalue weighted by Gasteiger charge is -2.17. The third-order valence-electron chi connectivity index (χ3n) is 2.52. The van der Waals surface area contributed by atoms with E-state index in [0.717, 1.165) is 6.07 Å². The topological polar surface area (TPSA) is 18.5 Å². The van der Waals surface area contributed by atoms with Gasteiger partial charge >= 0.3 is 6.18 Å². The lowest BCUT2D eigenvalue weighted by molar-refractivity contribution is -0.138. The molecule has 0 heterocycles. The molecule has 0 N–H and O–H groups in total. The van der Waals surface area contributed by atoms with Crippen molar-refractivity contribution in [1.29, 1.82) is 0 Å². The van der Waals surface area contributed by atoms with Crippen LogP contribution in [0.1, 0.15) is 31.9 Å². The Labute approximate surface area is 138 Å². The number of methoxy groups -OCH3 is 1. The fourth-order valence-corrected chi connectivity index (χ4v) is 1.78. The minimum absolute atomic E-state index is 0.00901. The second-order valence-corrected chi connectivity index (χ2v) is 4.83. The van der Waals surface area contributed by atoms with E-state index >= 15 is 0 Å². The van der Waals surface area contributed by atoms with Gasteiger partial charge in [-0.05, 0) is 30.2 Å². The van der Waals surface area contributed by atoms with Crippen molar-refractivity contribution in [2.45, 2.75) is 33.4 Å². The highest BCUT2D eigenvalue weighted by Gasteiger charge is 2.36. The van der Waals surface area contributed by atoms with Crippen LogP contribution in [0.25, 0.3) is 0 Å². The highest BCUT2D eigenvalue weighted by atomic mass is 35.5. The van der Waals surface area contributed by atoms with Crippen molar-refractivity contribution in [3.05, 3.63) is 33.8 Å². The summed E-state index contributed by atoms with van der Waals surface area (Å²) in [5, 5.41) is 0. The van der Waals surface area contributed by atoms with Crippen LogP contribution < -0.4 is 9.47 Å². The molecule has 2 nitrogen and oxygen atoms in total. The minimum Gasteiger partial charge on any atom is -0.496 e. The van der Waals surface area contributed by atoms with E-state index in [9.17, 15) is 13.2 Å². The average molecular weight is 359 g/mol. The molecule has 0 fully saturated rings. The number of alkyl halides is 3. The van der Waals surface area contributed by atoms with Gasteiger partial charge in [-0.15, -0.1) is 0 Å². The van der Waals surface area contributed by atoms with E-state index in [1.807, 2.05) is 13.8 Å². The fraction of sp³-hybridized carbons (Fsp3) is 0.467. The average Bonchev–Trinajstić information content (AvgIpc) is 2.47. The van der Waals surface area contributed by atoms with Gasteiger partial charge in [0.15, 0.2) is 0 Å². The molecule has 0 spiro atoms. The number of halogens is 5. The van der Waals surface area contributed by atoms with Crippen LogP contribution in [-0.2, 0) is 12.6 Å². The van der Waals surface area contributed by atoms with Crippen molar-refractivity contribution in [3.8, 4) is 11.5 Å². The first-order valence-corrected chi connectivity index (χ1v) is 7.47. The third kappa shape index (κ3) is 6.36. The van der Waals surface area contributed by atoms with Crippen molar-refractivity contribution in [2.24, 2.45) is 0 Å². The van der Waals surface area contributed by atoms with Crippen molar-refractivity contribution < 1.29 is 22.6 Å². The zero-order valence-corrected chi connectivity index (χ0v) is 14.4. The quantitative estimate of drug-likeness (QED) is 0.642. The van der Waals surface area contributed by atoms with Crippen LogP contribution >= 0.6 is 23.2 Å². The zero-order chi connectivity index (χ0) is 17.3. The molecule has 126 valence electrons. The Bertz CT molecular complexity index is 496. The molecule has 0 atom stereocenters. The summed E-state index contributed by atoms with van der Waals surface area (Å²) >= 11 is 10.8. The van der Waals surface area contributed by atoms with Gasteiger partial charge in [-0.3, -0.25) is 0 Å². The smallest absolute Gasteiger partial charge is 0.420 e. The molecule has 0 amide bonds. The first-order chi connectivity index (χ1) is 10.3. The van der Waals surface area contributed by atoms with E-state index in [2.05, 4.69) is 0 Å². The number of aryl methyl sites for hydroxylation is 1. The van der Waals surface area contributed by atoms with Crippen LogP contribution in [0.3, 0.4) is 0 Å². The molecule has 22 heavy (non-hydrogen) atoms. The largest absolute Gasteiger partial charge is 0.496 e. The number of hydrogen-bond donors (Lipinski definition) is 0. The minimum atomic E-state index is -4.52. The maximum absolute atomic E-state index is 13.0. The molecule has 0 saturated heterocycles. The van der Waals surface area contributed by atoms with E-state index in [-0.39, 0.29) is 22.6 Å². The fourth-order valence-electron chi connectivity index (χ4n) is 1.66. The highest BCUT2D eigenvalue weighted by molar-refractivity contribution is 6.55. The first kappa shape index (κ1) is 20.9. The summed E-state index contributed by atoms with van der Waals surface area (Å²) in [6.45, 7) is 5.71. The number of hydrogen-bond acceptors (Lipinski definition) is 2. The Hall–Kier alpha value is -1.07. The molecule has 0 saturated carbocycles. The Kier molecular flexibility index (Phi) is 9.37. The highest BCUT2D eigenvalue weighted by Crippen LogP contribution is 2.41. The number of benzene rings is 1. The molecule has 0 unspecified atom stereocenters. The van der Waals surface area contributed by atoms with Crippen molar-refractivity contribution >= 4 is 23.2 Å².